The number of aromatic nitrogens is 4. The summed E-state index contributed by atoms with van der Waals surface area (Å²) in [7, 11) is 1.95. The molecule has 0 aromatic carbocycles. The van der Waals surface area contributed by atoms with Crippen LogP contribution >= 0.6 is 0 Å². The van der Waals surface area contributed by atoms with Crippen LogP contribution in [0.1, 0.15) is 23.1 Å². The zero-order valence-electron chi connectivity index (χ0n) is 12.9. The van der Waals surface area contributed by atoms with Gasteiger partial charge in [0.15, 0.2) is 0 Å². The zero-order valence-corrected chi connectivity index (χ0v) is 12.9. The summed E-state index contributed by atoms with van der Waals surface area (Å²) in [5.74, 6) is 0. The lowest BCUT2D eigenvalue weighted by atomic mass is 10.0. The van der Waals surface area contributed by atoms with Gasteiger partial charge in [0.25, 0.3) is 0 Å². The lowest BCUT2D eigenvalue weighted by molar-refractivity contribution is 0.0593. The van der Waals surface area contributed by atoms with E-state index in [0.29, 0.717) is 13.2 Å². The minimum atomic E-state index is 0.111. The summed E-state index contributed by atoms with van der Waals surface area (Å²) in [4.78, 5) is 6.79. The van der Waals surface area contributed by atoms with Gasteiger partial charge in [-0.3, -0.25) is 14.6 Å². The van der Waals surface area contributed by atoms with Crippen molar-refractivity contribution < 1.29 is 4.74 Å². The summed E-state index contributed by atoms with van der Waals surface area (Å²) < 4.78 is 7.57. The number of rotatable bonds is 6. The van der Waals surface area contributed by atoms with E-state index in [1.165, 1.54) is 5.69 Å². The van der Waals surface area contributed by atoms with Gasteiger partial charge in [0.1, 0.15) is 5.69 Å². The summed E-state index contributed by atoms with van der Waals surface area (Å²) in [6.07, 6.45) is 4.55. The van der Waals surface area contributed by atoms with E-state index < -0.39 is 0 Å². The molecule has 6 nitrogen and oxygen atoms in total. The molecule has 2 aromatic heterocycles. The topological polar surface area (TPSA) is 56.1 Å². The molecule has 22 heavy (non-hydrogen) atoms. The smallest absolute Gasteiger partial charge is 0.105 e. The van der Waals surface area contributed by atoms with E-state index in [4.69, 9.17) is 4.74 Å². The second kappa shape index (κ2) is 6.81. The summed E-state index contributed by atoms with van der Waals surface area (Å²) >= 11 is 0. The molecule has 1 unspecified atom stereocenters. The Labute approximate surface area is 130 Å². The highest BCUT2D eigenvalue weighted by molar-refractivity contribution is 5.19. The Bertz CT molecular complexity index is 625. The molecule has 3 heterocycles. The van der Waals surface area contributed by atoms with Crippen LogP contribution in [0, 0.1) is 0 Å². The van der Waals surface area contributed by atoms with Crippen molar-refractivity contribution in [3.8, 4) is 0 Å². The monoisotopic (exact) mass is 299 g/mol. The zero-order chi connectivity index (χ0) is 15.4. The first kappa shape index (κ1) is 14.9. The summed E-state index contributed by atoms with van der Waals surface area (Å²) in [6.45, 7) is 6.57. The second-order valence-electron chi connectivity index (χ2n) is 5.43. The first-order valence-corrected chi connectivity index (χ1v) is 7.50. The molecule has 0 bridgehead atoms. The molecule has 3 rings (SSSR count). The van der Waals surface area contributed by atoms with Crippen LogP contribution in [0.25, 0.3) is 0 Å². The number of ether oxygens (including phenoxy) is 1. The minimum Gasteiger partial charge on any atom is -0.375 e. The summed E-state index contributed by atoms with van der Waals surface area (Å²) in [6, 6.07) is 6.11. The lowest BCUT2D eigenvalue weighted by Gasteiger charge is -2.34. The number of hydrogen-bond acceptors (Lipinski definition) is 5. The molecule has 0 saturated heterocycles. The van der Waals surface area contributed by atoms with Gasteiger partial charge in [-0.05, 0) is 12.1 Å². The van der Waals surface area contributed by atoms with Gasteiger partial charge < -0.3 is 4.74 Å². The van der Waals surface area contributed by atoms with Crippen LogP contribution in [-0.4, -0.2) is 44.6 Å². The average Bonchev–Trinajstić information content (AvgIpc) is 2.92. The fourth-order valence-electron chi connectivity index (χ4n) is 2.86. The van der Waals surface area contributed by atoms with Gasteiger partial charge >= 0.3 is 0 Å². The van der Waals surface area contributed by atoms with Crippen molar-refractivity contribution in [2.24, 2.45) is 7.05 Å². The van der Waals surface area contributed by atoms with Crippen molar-refractivity contribution in [2.45, 2.75) is 19.0 Å². The highest BCUT2D eigenvalue weighted by Gasteiger charge is 2.31. The molecule has 1 aliphatic rings. The molecule has 116 valence electrons. The molecule has 0 spiro atoms. The van der Waals surface area contributed by atoms with Gasteiger partial charge in [-0.2, -0.15) is 0 Å². The van der Waals surface area contributed by atoms with Crippen LogP contribution in [0.15, 0.2) is 37.1 Å². The third kappa shape index (κ3) is 3.08. The minimum absolute atomic E-state index is 0.111. The van der Waals surface area contributed by atoms with Gasteiger partial charge in [-0.25, -0.2) is 0 Å². The van der Waals surface area contributed by atoms with Crippen LogP contribution in [0.5, 0.6) is 0 Å². The highest BCUT2D eigenvalue weighted by atomic mass is 16.5. The van der Waals surface area contributed by atoms with E-state index in [1.54, 1.807) is 6.08 Å². The normalized spacial score (nSPS) is 18.1. The summed E-state index contributed by atoms with van der Waals surface area (Å²) in [5.41, 5.74) is 3.28. The molecular weight excluding hydrogens is 278 g/mol. The first-order valence-electron chi connectivity index (χ1n) is 7.50. The maximum Gasteiger partial charge on any atom is 0.105 e. The van der Waals surface area contributed by atoms with E-state index >= 15 is 0 Å². The Balaban J connectivity index is 1.80. The van der Waals surface area contributed by atoms with Crippen LogP contribution in [0.4, 0.5) is 0 Å². The largest absolute Gasteiger partial charge is 0.375 e. The number of pyridine rings is 1. The number of aryl methyl sites for hydroxylation is 1. The van der Waals surface area contributed by atoms with E-state index in [-0.39, 0.29) is 6.04 Å². The van der Waals surface area contributed by atoms with Crippen LogP contribution in [-0.2, 0) is 24.8 Å². The number of hydrogen-bond donors (Lipinski definition) is 0. The molecule has 0 aliphatic carbocycles. The molecule has 0 fully saturated rings. The molecule has 1 aliphatic heterocycles. The van der Waals surface area contributed by atoms with E-state index in [9.17, 15) is 0 Å². The van der Waals surface area contributed by atoms with E-state index in [2.05, 4.69) is 26.8 Å². The van der Waals surface area contributed by atoms with Crippen molar-refractivity contribution >= 4 is 0 Å². The maximum atomic E-state index is 5.70. The van der Waals surface area contributed by atoms with Gasteiger partial charge in [-0.15, -0.1) is 11.7 Å². The Morgan fingerprint density at radius 2 is 2.36 bits per heavy atom. The third-order valence-corrected chi connectivity index (χ3v) is 3.97. The second-order valence-corrected chi connectivity index (χ2v) is 5.43. The van der Waals surface area contributed by atoms with Crippen molar-refractivity contribution in [3.63, 3.8) is 0 Å². The quantitative estimate of drug-likeness (QED) is 0.598. The van der Waals surface area contributed by atoms with Crippen molar-refractivity contribution in [1.82, 2.24) is 24.9 Å². The molecule has 0 radical (unpaired) electrons. The van der Waals surface area contributed by atoms with Crippen LogP contribution in [0.2, 0.25) is 0 Å². The molecular formula is C16H21N5O. The molecule has 1 atom stereocenters. The number of fused-ring (bicyclic) bond motifs is 1. The van der Waals surface area contributed by atoms with Crippen molar-refractivity contribution in [1.29, 1.82) is 0 Å². The fourth-order valence-corrected chi connectivity index (χ4v) is 2.86. The SMILES string of the molecule is C=CCOCC1c2nnn(C)c2CCN1Cc1ccccn1. The Hall–Kier alpha value is -2.05. The predicted octanol–water partition coefficient (Wildman–Crippen LogP) is 1.51. The highest BCUT2D eigenvalue weighted by Crippen LogP contribution is 2.29. The fraction of sp³-hybridized carbons (Fsp3) is 0.438. The van der Waals surface area contributed by atoms with E-state index in [1.807, 2.05) is 36.1 Å². The molecule has 0 saturated carbocycles. The average molecular weight is 299 g/mol. The first-order chi connectivity index (χ1) is 10.8. The van der Waals surface area contributed by atoms with E-state index in [0.717, 1.165) is 30.9 Å². The van der Waals surface area contributed by atoms with Crippen molar-refractivity contribution in [2.75, 3.05) is 19.8 Å². The van der Waals surface area contributed by atoms with Crippen LogP contribution in [0.3, 0.4) is 0 Å². The maximum absolute atomic E-state index is 5.70. The number of nitrogens with zero attached hydrogens (tertiary/aromatic N) is 5. The lowest BCUT2D eigenvalue weighted by Crippen LogP contribution is -2.38. The van der Waals surface area contributed by atoms with Crippen LogP contribution < -0.4 is 0 Å². The Kier molecular flexibility index (Phi) is 4.60. The molecule has 6 heteroatoms. The Morgan fingerprint density at radius 3 is 3.14 bits per heavy atom. The van der Waals surface area contributed by atoms with Gasteiger partial charge in [-0.1, -0.05) is 17.4 Å². The molecule has 0 amide bonds. The van der Waals surface area contributed by atoms with Gasteiger partial charge in [0.2, 0.25) is 0 Å². The van der Waals surface area contributed by atoms with Gasteiger partial charge in [0.05, 0.1) is 30.6 Å². The van der Waals surface area contributed by atoms with Crippen molar-refractivity contribution in [3.05, 3.63) is 54.1 Å². The standard InChI is InChI=1S/C16H21N5O/c1-3-10-22-12-15-16-14(20(2)19-18-16)7-9-21(15)11-13-6-4-5-8-17-13/h3-6,8,15H,1,7,9-12H2,2H3. The Morgan fingerprint density at radius 1 is 1.45 bits per heavy atom. The third-order valence-electron chi connectivity index (χ3n) is 3.97. The molecule has 0 N–H and O–H groups in total. The molecule has 2 aromatic rings. The van der Waals surface area contributed by atoms with Gasteiger partial charge in [0, 0.05) is 32.8 Å². The predicted molar refractivity (Wildman–Crippen MR) is 83.1 cm³/mol. The summed E-state index contributed by atoms with van der Waals surface area (Å²) in [5, 5.41) is 8.52.